The minimum absolute atomic E-state index is 0.597. The van der Waals surface area contributed by atoms with E-state index in [0.717, 1.165) is 25.1 Å². The summed E-state index contributed by atoms with van der Waals surface area (Å²) in [6.45, 7) is 2.78. The molecule has 1 heterocycles. The van der Waals surface area contributed by atoms with Crippen LogP contribution in [0, 0.1) is 11.3 Å². The summed E-state index contributed by atoms with van der Waals surface area (Å²) in [5.41, 5.74) is 0.717. The van der Waals surface area contributed by atoms with Gasteiger partial charge in [-0.3, -0.25) is 0 Å². The Balaban J connectivity index is 2.35. The first-order chi connectivity index (χ1) is 9.14. The standard InChI is InChI=1S/C15H18N2O2/c1-2-8-15(14(18)19)9-3-10-17(15)13-6-4-12(11-16)5-7-13/h4-7H,2-3,8-10H2,1H3,(H,18,19). The van der Waals surface area contributed by atoms with Gasteiger partial charge in [-0.05, 0) is 43.5 Å². The van der Waals surface area contributed by atoms with Gasteiger partial charge in [0.2, 0.25) is 0 Å². The molecule has 1 fully saturated rings. The number of rotatable bonds is 4. The monoisotopic (exact) mass is 258 g/mol. The molecule has 0 radical (unpaired) electrons. The van der Waals surface area contributed by atoms with E-state index in [1.165, 1.54) is 0 Å². The molecule has 1 aliphatic heterocycles. The zero-order valence-corrected chi connectivity index (χ0v) is 11.1. The third kappa shape index (κ3) is 2.28. The highest BCUT2D eigenvalue weighted by Gasteiger charge is 2.46. The van der Waals surface area contributed by atoms with E-state index in [2.05, 4.69) is 6.07 Å². The van der Waals surface area contributed by atoms with E-state index in [1.54, 1.807) is 12.1 Å². The molecule has 1 aromatic rings. The van der Waals surface area contributed by atoms with E-state index in [1.807, 2.05) is 24.0 Å². The molecule has 100 valence electrons. The van der Waals surface area contributed by atoms with Gasteiger partial charge in [0.25, 0.3) is 0 Å². The lowest BCUT2D eigenvalue weighted by atomic mass is 9.90. The highest BCUT2D eigenvalue weighted by Crippen LogP contribution is 2.37. The first-order valence-electron chi connectivity index (χ1n) is 6.65. The molecular weight excluding hydrogens is 240 g/mol. The smallest absolute Gasteiger partial charge is 0.329 e. The summed E-state index contributed by atoms with van der Waals surface area (Å²) in [7, 11) is 0. The lowest BCUT2D eigenvalue weighted by molar-refractivity contribution is -0.143. The van der Waals surface area contributed by atoms with Crippen molar-refractivity contribution in [3.63, 3.8) is 0 Å². The molecule has 0 amide bonds. The summed E-state index contributed by atoms with van der Waals surface area (Å²) in [5, 5.41) is 18.4. The van der Waals surface area contributed by atoms with Crippen molar-refractivity contribution in [1.82, 2.24) is 0 Å². The van der Waals surface area contributed by atoms with Gasteiger partial charge >= 0.3 is 5.97 Å². The van der Waals surface area contributed by atoms with Gasteiger partial charge in [0, 0.05) is 12.2 Å². The lowest BCUT2D eigenvalue weighted by Crippen LogP contribution is -2.50. The van der Waals surface area contributed by atoms with Gasteiger partial charge in [0.1, 0.15) is 5.54 Å². The highest BCUT2D eigenvalue weighted by molar-refractivity contribution is 5.84. The summed E-state index contributed by atoms with van der Waals surface area (Å²) >= 11 is 0. The predicted octanol–water partition coefficient (Wildman–Crippen LogP) is 2.78. The summed E-state index contributed by atoms with van der Waals surface area (Å²) in [6.07, 6.45) is 3.09. The Bertz CT molecular complexity index is 504. The molecule has 2 rings (SSSR count). The average Bonchev–Trinajstić information content (AvgIpc) is 2.84. The molecule has 1 atom stereocenters. The minimum atomic E-state index is -0.775. The van der Waals surface area contributed by atoms with Gasteiger partial charge in [0.05, 0.1) is 11.6 Å². The van der Waals surface area contributed by atoms with Gasteiger partial charge in [-0.1, -0.05) is 13.3 Å². The minimum Gasteiger partial charge on any atom is -0.479 e. The van der Waals surface area contributed by atoms with E-state index in [0.29, 0.717) is 18.4 Å². The van der Waals surface area contributed by atoms with Crippen LogP contribution in [0.2, 0.25) is 0 Å². The third-order valence-corrected chi connectivity index (χ3v) is 3.86. The van der Waals surface area contributed by atoms with Crippen molar-refractivity contribution in [2.24, 2.45) is 0 Å². The molecular formula is C15H18N2O2. The molecule has 0 saturated carbocycles. The van der Waals surface area contributed by atoms with Crippen molar-refractivity contribution in [2.45, 2.75) is 38.1 Å². The van der Waals surface area contributed by atoms with Gasteiger partial charge in [-0.2, -0.15) is 5.26 Å². The second kappa shape index (κ2) is 5.31. The van der Waals surface area contributed by atoms with E-state index < -0.39 is 11.5 Å². The largest absolute Gasteiger partial charge is 0.479 e. The van der Waals surface area contributed by atoms with E-state index >= 15 is 0 Å². The van der Waals surface area contributed by atoms with Crippen molar-refractivity contribution in [3.8, 4) is 6.07 Å². The highest BCUT2D eigenvalue weighted by atomic mass is 16.4. The van der Waals surface area contributed by atoms with Crippen LogP contribution >= 0.6 is 0 Å². The summed E-state index contributed by atoms with van der Waals surface area (Å²) in [6, 6.07) is 9.25. The molecule has 1 unspecified atom stereocenters. The number of aliphatic carboxylic acids is 1. The summed E-state index contributed by atoms with van der Waals surface area (Å²) in [5.74, 6) is -0.740. The molecule has 1 aliphatic rings. The van der Waals surface area contributed by atoms with Crippen molar-refractivity contribution in [2.75, 3.05) is 11.4 Å². The van der Waals surface area contributed by atoms with Gasteiger partial charge in [-0.25, -0.2) is 4.79 Å². The SMILES string of the molecule is CCCC1(C(=O)O)CCCN1c1ccc(C#N)cc1. The Morgan fingerprint density at radius 1 is 1.47 bits per heavy atom. The van der Waals surface area contributed by atoms with E-state index in [9.17, 15) is 9.90 Å². The van der Waals surface area contributed by atoms with E-state index in [4.69, 9.17) is 5.26 Å². The number of anilines is 1. The first kappa shape index (κ1) is 13.4. The second-order valence-corrected chi connectivity index (χ2v) is 5.00. The molecule has 0 bridgehead atoms. The van der Waals surface area contributed by atoms with Crippen LogP contribution in [0.5, 0.6) is 0 Å². The zero-order valence-electron chi connectivity index (χ0n) is 11.1. The summed E-state index contributed by atoms with van der Waals surface area (Å²) in [4.78, 5) is 13.7. The van der Waals surface area contributed by atoms with Gasteiger partial charge in [0.15, 0.2) is 0 Å². The fourth-order valence-electron chi connectivity index (χ4n) is 2.97. The Kier molecular flexibility index (Phi) is 3.75. The van der Waals surface area contributed by atoms with Crippen molar-refractivity contribution in [1.29, 1.82) is 5.26 Å². The van der Waals surface area contributed by atoms with Crippen LogP contribution in [0.25, 0.3) is 0 Å². The van der Waals surface area contributed by atoms with Crippen LogP contribution in [0.15, 0.2) is 24.3 Å². The van der Waals surface area contributed by atoms with Gasteiger partial charge < -0.3 is 10.0 Å². The van der Waals surface area contributed by atoms with Crippen LogP contribution in [0.4, 0.5) is 5.69 Å². The molecule has 19 heavy (non-hydrogen) atoms. The Morgan fingerprint density at radius 2 is 2.16 bits per heavy atom. The number of hydrogen-bond acceptors (Lipinski definition) is 3. The molecule has 0 aromatic heterocycles. The van der Waals surface area contributed by atoms with Crippen LogP contribution in [0.3, 0.4) is 0 Å². The first-order valence-corrected chi connectivity index (χ1v) is 6.65. The molecule has 0 spiro atoms. The molecule has 1 N–H and O–H groups in total. The van der Waals surface area contributed by atoms with Crippen molar-refractivity contribution in [3.05, 3.63) is 29.8 Å². The number of carboxylic acids is 1. The van der Waals surface area contributed by atoms with E-state index in [-0.39, 0.29) is 0 Å². The Morgan fingerprint density at radius 3 is 2.68 bits per heavy atom. The molecule has 0 aliphatic carbocycles. The fourth-order valence-corrected chi connectivity index (χ4v) is 2.97. The fraction of sp³-hybridized carbons (Fsp3) is 0.467. The molecule has 4 heteroatoms. The Hall–Kier alpha value is -2.02. The molecule has 1 saturated heterocycles. The quantitative estimate of drug-likeness (QED) is 0.902. The second-order valence-electron chi connectivity index (χ2n) is 5.00. The topological polar surface area (TPSA) is 64.3 Å². The van der Waals surface area contributed by atoms with Crippen LogP contribution in [0.1, 0.15) is 38.2 Å². The normalized spacial score (nSPS) is 22.2. The number of nitrogens with zero attached hydrogens (tertiary/aromatic N) is 2. The van der Waals surface area contributed by atoms with Crippen molar-refractivity contribution >= 4 is 11.7 Å². The third-order valence-electron chi connectivity index (χ3n) is 3.86. The number of carbonyl (C=O) groups is 1. The van der Waals surface area contributed by atoms with Gasteiger partial charge in [-0.15, -0.1) is 0 Å². The number of carboxylic acid groups (broad SMARTS) is 1. The number of hydrogen-bond donors (Lipinski definition) is 1. The molecule has 1 aromatic carbocycles. The lowest BCUT2D eigenvalue weighted by Gasteiger charge is -2.36. The number of benzene rings is 1. The van der Waals surface area contributed by atoms with Crippen LogP contribution in [-0.4, -0.2) is 23.2 Å². The maximum atomic E-state index is 11.7. The maximum Gasteiger partial charge on any atom is 0.329 e. The van der Waals surface area contributed by atoms with Crippen LogP contribution in [-0.2, 0) is 4.79 Å². The van der Waals surface area contributed by atoms with Crippen LogP contribution < -0.4 is 4.90 Å². The molecule has 4 nitrogen and oxygen atoms in total. The Labute approximate surface area is 113 Å². The summed E-state index contributed by atoms with van der Waals surface area (Å²) < 4.78 is 0. The maximum absolute atomic E-state index is 11.7. The zero-order chi connectivity index (χ0) is 13.9. The van der Waals surface area contributed by atoms with Crippen molar-refractivity contribution < 1.29 is 9.90 Å². The predicted molar refractivity (Wildman–Crippen MR) is 73.0 cm³/mol. The number of nitriles is 1. The average molecular weight is 258 g/mol.